The van der Waals surface area contributed by atoms with E-state index in [1.807, 2.05) is 50.2 Å². The Labute approximate surface area is 173 Å². The van der Waals surface area contributed by atoms with Crippen LogP contribution in [0.25, 0.3) is 16.6 Å². The van der Waals surface area contributed by atoms with Crippen LogP contribution in [-0.2, 0) is 9.53 Å². The van der Waals surface area contributed by atoms with Crippen molar-refractivity contribution in [3.8, 4) is 5.69 Å². The van der Waals surface area contributed by atoms with Gasteiger partial charge in [-0.25, -0.2) is 4.98 Å². The third-order valence-corrected chi connectivity index (χ3v) is 6.02. The molecule has 0 aliphatic carbocycles. The zero-order valence-corrected chi connectivity index (χ0v) is 17.4. The summed E-state index contributed by atoms with van der Waals surface area (Å²) < 4.78 is 6.98. The summed E-state index contributed by atoms with van der Waals surface area (Å²) in [6, 6.07) is 13.3. The summed E-state index contributed by atoms with van der Waals surface area (Å²) >= 11 is 1.31. The summed E-state index contributed by atoms with van der Waals surface area (Å²) in [6.45, 7) is 6.31. The van der Waals surface area contributed by atoms with Gasteiger partial charge >= 0.3 is 0 Å². The van der Waals surface area contributed by atoms with Crippen LogP contribution in [0.2, 0.25) is 0 Å². The van der Waals surface area contributed by atoms with Crippen molar-refractivity contribution in [2.24, 2.45) is 0 Å². The molecule has 3 aromatic rings. The number of carbonyl (C=O) groups excluding carboxylic acids is 1. The van der Waals surface area contributed by atoms with E-state index in [0.717, 1.165) is 16.8 Å². The predicted molar refractivity (Wildman–Crippen MR) is 115 cm³/mol. The van der Waals surface area contributed by atoms with Gasteiger partial charge < -0.3 is 9.64 Å². The molecule has 4 rings (SSSR count). The molecule has 1 aliphatic heterocycles. The molecule has 0 unspecified atom stereocenters. The smallest absolute Gasteiger partial charge is 0.266 e. The van der Waals surface area contributed by atoms with Crippen molar-refractivity contribution in [3.05, 3.63) is 63.9 Å². The second-order valence-corrected chi connectivity index (χ2v) is 8.02. The maximum Gasteiger partial charge on any atom is 0.266 e. The van der Waals surface area contributed by atoms with Crippen LogP contribution in [0, 0.1) is 13.8 Å². The van der Waals surface area contributed by atoms with Crippen molar-refractivity contribution in [2.75, 3.05) is 32.1 Å². The first-order valence-corrected chi connectivity index (χ1v) is 10.6. The van der Waals surface area contributed by atoms with Crippen LogP contribution in [0.3, 0.4) is 0 Å². The summed E-state index contributed by atoms with van der Waals surface area (Å²) in [5.74, 6) is 0.268. The van der Waals surface area contributed by atoms with Gasteiger partial charge in [0.25, 0.3) is 5.56 Å². The van der Waals surface area contributed by atoms with E-state index in [1.165, 1.54) is 11.8 Å². The Morgan fingerprint density at radius 1 is 1.07 bits per heavy atom. The summed E-state index contributed by atoms with van der Waals surface area (Å²) in [6.07, 6.45) is 0. The molecular weight excluding hydrogens is 386 g/mol. The molecule has 0 radical (unpaired) electrons. The van der Waals surface area contributed by atoms with Crippen molar-refractivity contribution in [2.45, 2.75) is 19.0 Å². The lowest BCUT2D eigenvalue weighted by Gasteiger charge is -2.26. The topological polar surface area (TPSA) is 64.4 Å². The van der Waals surface area contributed by atoms with Crippen LogP contribution in [0.4, 0.5) is 0 Å². The summed E-state index contributed by atoms with van der Waals surface area (Å²) in [5, 5.41) is 1.10. The number of morpholine rings is 1. The molecule has 1 aliphatic rings. The molecule has 1 amide bonds. The first-order chi connectivity index (χ1) is 14.1. The number of amides is 1. The fraction of sp³-hybridized carbons (Fsp3) is 0.318. The molecule has 29 heavy (non-hydrogen) atoms. The van der Waals surface area contributed by atoms with E-state index in [-0.39, 0.29) is 17.2 Å². The molecule has 0 atom stereocenters. The number of nitrogens with zero attached hydrogens (tertiary/aromatic N) is 3. The Kier molecular flexibility index (Phi) is 5.69. The standard InChI is InChI=1S/C22H23N3O3S/c1-15-6-5-7-16(2)20(15)25-21(27)17-8-3-4-9-18(17)23-22(25)29-14-19(26)24-10-12-28-13-11-24/h3-9H,10-14H2,1-2H3. The Hall–Kier alpha value is -2.64. The molecule has 0 spiro atoms. The second-order valence-electron chi connectivity index (χ2n) is 7.07. The number of aryl methyl sites for hydroxylation is 2. The Morgan fingerprint density at radius 3 is 2.48 bits per heavy atom. The number of rotatable bonds is 4. The van der Waals surface area contributed by atoms with Crippen molar-refractivity contribution >= 4 is 28.6 Å². The minimum Gasteiger partial charge on any atom is -0.378 e. The first kappa shape index (κ1) is 19.7. The van der Waals surface area contributed by atoms with E-state index >= 15 is 0 Å². The number of ether oxygens (including phenoxy) is 1. The lowest BCUT2D eigenvalue weighted by Crippen LogP contribution is -2.41. The largest absolute Gasteiger partial charge is 0.378 e. The van der Waals surface area contributed by atoms with Crippen LogP contribution < -0.4 is 5.56 Å². The van der Waals surface area contributed by atoms with Crippen LogP contribution in [0.15, 0.2) is 52.4 Å². The average molecular weight is 410 g/mol. The fourth-order valence-electron chi connectivity index (χ4n) is 3.60. The second kappa shape index (κ2) is 8.39. The summed E-state index contributed by atoms with van der Waals surface area (Å²) in [5.41, 5.74) is 3.34. The molecule has 1 aromatic heterocycles. The highest BCUT2D eigenvalue weighted by atomic mass is 32.2. The minimum atomic E-state index is -0.116. The molecule has 150 valence electrons. The van der Waals surface area contributed by atoms with Crippen molar-refractivity contribution in [3.63, 3.8) is 0 Å². The van der Waals surface area contributed by atoms with Crippen molar-refractivity contribution in [1.29, 1.82) is 0 Å². The molecular formula is C22H23N3O3S. The number of hydrogen-bond donors (Lipinski definition) is 0. The number of aromatic nitrogens is 2. The minimum absolute atomic E-state index is 0.0359. The highest BCUT2D eigenvalue weighted by Crippen LogP contribution is 2.25. The number of fused-ring (bicyclic) bond motifs is 1. The third kappa shape index (κ3) is 3.93. The van der Waals surface area contributed by atoms with E-state index in [4.69, 9.17) is 9.72 Å². The van der Waals surface area contributed by atoms with E-state index < -0.39 is 0 Å². The Bertz CT molecular complexity index is 1100. The summed E-state index contributed by atoms with van der Waals surface area (Å²) in [4.78, 5) is 32.6. The fourth-order valence-corrected chi connectivity index (χ4v) is 4.50. The number of benzene rings is 2. The van der Waals surface area contributed by atoms with Gasteiger partial charge in [-0.2, -0.15) is 0 Å². The third-order valence-electron chi connectivity index (χ3n) is 5.10. The van der Waals surface area contributed by atoms with Crippen LogP contribution in [0.1, 0.15) is 11.1 Å². The van der Waals surface area contributed by atoms with Gasteiger partial charge in [0.1, 0.15) is 0 Å². The first-order valence-electron chi connectivity index (χ1n) is 9.63. The van der Waals surface area contributed by atoms with Gasteiger partial charge in [-0.15, -0.1) is 0 Å². The Morgan fingerprint density at radius 2 is 1.76 bits per heavy atom. The Balaban J connectivity index is 1.78. The van der Waals surface area contributed by atoms with Gasteiger partial charge in [0, 0.05) is 13.1 Å². The maximum atomic E-state index is 13.4. The van der Waals surface area contributed by atoms with Gasteiger partial charge in [0.15, 0.2) is 5.16 Å². The van der Waals surface area contributed by atoms with Gasteiger partial charge in [-0.05, 0) is 37.1 Å². The number of para-hydroxylation sites is 2. The predicted octanol–water partition coefficient (Wildman–Crippen LogP) is 2.95. The monoisotopic (exact) mass is 409 g/mol. The SMILES string of the molecule is Cc1cccc(C)c1-n1c(SCC(=O)N2CCOCC2)nc2ccccc2c1=O. The van der Waals surface area contributed by atoms with Gasteiger partial charge in [-0.1, -0.05) is 42.1 Å². The highest BCUT2D eigenvalue weighted by Gasteiger charge is 2.20. The van der Waals surface area contributed by atoms with Crippen molar-refractivity contribution in [1.82, 2.24) is 14.5 Å². The number of thioether (sulfide) groups is 1. The molecule has 1 fully saturated rings. The molecule has 7 heteroatoms. The lowest BCUT2D eigenvalue weighted by atomic mass is 10.1. The van der Waals surface area contributed by atoms with E-state index in [1.54, 1.807) is 15.5 Å². The van der Waals surface area contributed by atoms with Gasteiger partial charge in [0.05, 0.1) is 35.6 Å². The van der Waals surface area contributed by atoms with E-state index in [2.05, 4.69) is 0 Å². The van der Waals surface area contributed by atoms with E-state index in [0.29, 0.717) is 42.4 Å². The number of hydrogen-bond acceptors (Lipinski definition) is 5. The quantitative estimate of drug-likeness (QED) is 0.490. The molecule has 2 heterocycles. The van der Waals surface area contributed by atoms with Gasteiger partial charge in [0.2, 0.25) is 5.91 Å². The summed E-state index contributed by atoms with van der Waals surface area (Å²) in [7, 11) is 0. The van der Waals surface area contributed by atoms with Crippen LogP contribution in [0.5, 0.6) is 0 Å². The molecule has 2 aromatic carbocycles. The average Bonchev–Trinajstić information content (AvgIpc) is 2.74. The highest BCUT2D eigenvalue weighted by molar-refractivity contribution is 7.99. The zero-order chi connectivity index (χ0) is 20.4. The van der Waals surface area contributed by atoms with Gasteiger partial charge in [-0.3, -0.25) is 14.2 Å². The zero-order valence-electron chi connectivity index (χ0n) is 16.6. The molecule has 1 saturated heterocycles. The maximum absolute atomic E-state index is 13.4. The number of carbonyl (C=O) groups is 1. The van der Waals surface area contributed by atoms with Crippen molar-refractivity contribution < 1.29 is 9.53 Å². The normalized spacial score (nSPS) is 14.3. The molecule has 6 nitrogen and oxygen atoms in total. The molecule has 0 bridgehead atoms. The van der Waals surface area contributed by atoms with Crippen LogP contribution >= 0.6 is 11.8 Å². The van der Waals surface area contributed by atoms with E-state index in [9.17, 15) is 9.59 Å². The lowest BCUT2D eigenvalue weighted by molar-refractivity contribution is -0.132. The molecule has 0 N–H and O–H groups in total. The van der Waals surface area contributed by atoms with Crippen LogP contribution in [-0.4, -0.2) is 52.4 Å². The molecule has 0 saturated carbocycles.